The van der Waals surface area contributed by atoms with Crippen molar-refractivity contribution in [3.63, 3.8) is 0 Å². The Bertz CT molecular complexity index is 1990. The number of aromatic nitrogens is 4. The van der Waals surface area contributed by atoms with E-state index >= 15 is 8.78 Å². The Morgan fingerprint density at radius 3 is 2.26 bits per heavy atom. The van der Waals surface area contributed by atoms with E-state index < -0.39 is 29.0 Å². The summed E-state index contributed by atoms with van der Waals surface area (Å²) in [5, 5.41) is 12.9. The fraction of sp³-hybridized carbons (Fsp3) is 0.147. The largest absolute Gasteiger partial charge is 0.350 e. The van der Waals surface area contributed by atoms with Crippen LogP contribution >= 0.6 is 11.6 Å². The molecule has 0 saturated heterocycles. The van der Waals surface area contributed by atoms with Gasteiger partial charge < -0.3 is 19.8 Å². The Balaban J connectivity index is 1.51. The minimum Gasteiger partial charge on any atom is -0.321 e. The monoisotopic (exact) mass is 642 g/mol. The quantitative estimate of drug-likeness (QED) is 0.180. The molecule has 2 amide bonds. The molecule has 0 radical (unpaired) electrons. The molecule has 0 aliphatic heterocycles. The zero-order valence-corrected chi connectivity index (χ0v) is 25.8. The number of rotatable bonds is 9. The predicted molar refractivity (Wildman–Crippen MR) is 173 cm³/mol. The molecule has 0 atom stereocenters. The highest BCUT2D eigenvalue weighted by Crippen LogP contribution is 2.30. The van der Waals surface area contributed by atoms with E-state index in [-0.39, 0.29) is 22.2 Å². The van der Waals surface area contributed by atoms with Crippen LogP contribution in [0.25, 0.3) is 28.6 Å². The number of hydrogen-bond donors (Lipinski definition) is 2. The summed E-state index contributed by atoms with van der Waals surface area (Å²) >= 11 is 6.50. The predicted octanol–water partition coefficient (Wildman–Crippen LogP) is 6.43. The third-order valence-electron chi connectivity index (χ3n) is 7.15. The molecule has 0 fully saturated rings. The van der Waals surface area contributed by atoms with Crippen LogP contribution < -0.4 is 16.2 Å². The number of hydrogen-bond acceptors (Lipinski definition) is 5. The Labute approximate surface area is 268 Å². The highest BCUT2D eigenvalue weighted by Gasteiger charge is 2.41. The molecule has 0 aliphatic carbocycles. The number of benzene rings is 3. The van der Waals surface area contributed by atoms with Gasteiger partial charge in [-0.2, -0.15) is 8.78 Å². The first-order valence-electron chi connectivity index (χ1n) is 14.2. The lowest BCUT2D eigenvalue weighted by Gasteiger charge is -2.18. The molecule has 234 valence electrons. The fourth-order valence-electron chi connectivity index (χ4n) is 4.65. The van der Waals surface area contributed by atoms with Crippen LogP contribution in [0.4, 0.5) is 14.5 Å². The third kappa shape index (κ3) is 6.94. The average Bonchev–Trinajstić information content (AvgIpc) is 3.48. The molecule has 0 saturated carbocycles. The summed E-state index contributed by atoms with van der Waals surface area (Å²) < 4.78 is 33.7. The molecular weight excluding hydrogens is 614 g/mol. The van der Waals surface area contributed by atoms with E-state index in [1.54, 1.807) is 83.3 Å². The maximum atomic E-state index is 15.2. The number of alkyl halides is 2. The normalized spacial score (nSPS) is 11.8. The van der Waals surface area contributed by atoms with E-state index in [9.17, 15) is 14.4 Å². The average molecular weight is 643 g/mol. The van der Waals surface area contributed by atoms with Crippen LogP contribution in [0.15, 0.2) is 108 Å². The van der Waals surface area contributed by atoms with Crippen molar-refractivity contribution >= 4 is 35.2 Å². The smallest absolute Gasteiger partial charge is 0.321 e. The fourth-order valence-corrected chi connectivity index (χ4v) is 4.82. The lowest BCUT2D eigenvalue weighted by Crippen LogP contribution is -2.40. The van der Waals surface area contributed by atoms with Crippen LogP contribution in [0.5, 0.6) is 0 Å². The minimum absolute atomic E-state index is 0.0922. The molecule has 0 aliphatic rings. The van der Waals surface area contributed by atoms with Crippen LogP contribution in [-0.2, 0) is 22.6 Å². The summed E-state index contributed by atoms with van der Waals surface area (Å²) in [6.45, 7) is 3.76. The summed E-state index contributed by atoms with van der Waals surface area (Å²) in [4.78, 5) is 38.8. The molecule has 12 heteroatoms. The summed E-state index contributed by atoms with van der Waals surface area (Å²) in [6, 6.07) is 21.2. The standard InChI is InChI=1S/C34H29ClF2N6O3/c1-21(2)43-19-24(12-16-30(43)44)23-11-15-28(35)25(17-23)18-29(40-33(46)34(36,37)26-7-5-4-6-8-26)32(45)39-27-13-9-22(10-14-27)31-41-38-20-42(31)3/h4-21H,1-3H3,(H,39,45)(H,40,46)/b29-18-. The Kier molecular flexibility index (Phi) is 9.24. The van der Waals surface area contributed by atoms with Gasteiger partial charge in [0.25, 0.3) is 17.4 Å². The molecule has 46 heavy (non-hydrogen) atoms. The molecule has 5 aromatic rings. The van der Waals surface area contributed by atoms with Crippen molar-refractivity contribution < 1.29 is 18.4 Å². The van der Waals surface area contributed by atoms with Crippen molar-refractivity contribution in [2.75, 3.05) is 5.32 Å². The highest BCUT2D eigenvalue weighted by molar-refractivity contribution is 6.32. The Morgan fingerprint density at radius 2 is 1.61 bits per heavy atom. The third-order valence-corrected chi connectivity index (χ3v) is 7.49. The van der Waals surface area contributed by atoms with Gasteiger partial charge in [0.1, 0.15) is 12.0 Å². The van der Waals surface area contributed by atoms with Gasteiger partial charge >= 0.3 is 5.92 Å². The van der Waals surface area contributed by atoms with Crippen LogP contribution in [-0.4, -0.2) is 31.1 Å². The van der Waals surface area contributed by atoms with Gasteiger partial charge in [0.15, 0.2) is 5.82 Å². The van der Waals surface area contributed by atoms with Gasteiger partial charge in [0.2, 0.25) is 0 Å². The number of aryl methyl sites for hydroxylation is 1. The second-order valence-electron chi connectivity index (χ2n) is 10.7. The second kappa shape index (κ2) is 13.3. The van der Waals surface area contributed by atoms with Crippen LogP contribution in [0, 0.1) is 0 Å². The van der Waals surface area contributed by atoms with Gasteiger partial charge in [-0.3, -0.25) is 14.4 Å². The van der Waals surface area contributed by atoms with E-state index in [1.807, 2.05) is 13.8 Å². The van der Waals surface area contributed by atoms with Gasteiger partial charge in [-0.25, -0.2) is 0 Å². The van der Waals surface area contributed by atoms with Gasteiger partial charge in [-0.15, -0.1) is 10.2 Å². The lowest BCUT2D eigenvalue weighted by molar-refractivity contribution is -0.146. The lowest BCUT2D eigenvalue weighted by atomic mass is 10.0. The molecule has 2 heterocycles. The molecule has 0 bridgehead atoms. The van der Waals surface area contributed by atoms with E-state index in [2.05, 4.69) is 20.8 Å². The van der Waals surface area contributed by atoms with E-state index in [0.717, 1.165) is 17.7 Å². The number of nitrogens with zero attached hydrogens (tertiary/aromatic N) is 4. The van der Waals surface area contributed by atoms with Crippen molar-refractivity contribution in [3.05, 3.63) is 130 Å². The maximum Gasteiger partial charge on any atom is 0.350 e. The number of carbonyl (C=O) groups is 2. The highest BCUT2D eigenvalue weighted by atomic mass is 35.5. The Hall–Kier alpha value is -5.42. The SMILES string of the molecule is CC(C)n1cc(-c2ccc(Cl)c(/C=C(\NC(=O)C(F)(F)c3ccccc3)C(=O)Nc3ccc(-c4nncn4C)cc3)c2)ccc1=O. The van der Waals surface area contributed by atoms with E-state index in [1.165, 1.54) is 24.3 Å². The molecule has 9 nitrogen and oxygen atoms in total. The number of pyridine rings is 1. The molecule has 2 aromatic heterocycles. The zero-order chi connectivity index (χ0) is 33.0. The molecule has 0 unspecified atom stereocenters. The number of carbonyl (C=O) groups excluding carboxylic acids is 2. The molecular formula is C34H29ClF2N6O3. The molecule has 3 aromatic carbocycles. The van der Waals surface area contributed by atoms with Crippen LogP contribution in [0.3, 0.4) is 0 Å². The van der Waals surface area contributed by atoms with Gasteiger partial charge in [-0.05, 0) is 79.1 Å². The van der Waals surface area contributed by atoms with Crippen molar-refractivity contribution in [1.29, 1.82) is 0 Å². The molecule has 5 rings (SSSR count). The van der Waals surface area contributed by atoms with Gasteiger partial charge in [0, 0.05) is 47.2 Å². The summed E-state index contributed by atoms with van der Waals surface area (Å²) in [6.07, 6.45) is 4.48. The topological polar surface area (TPSA) is 111 Å². The number of amides is 2. The first kappa shape index (κ1) is 32.0. The van der Waals surface area contributed by atoms with Crippen molar-refractivity contribution in [3.8, 4) is 22.5 Å². The Morgan fingerprint density at radius 1 is 0.935 bits per heavy atom. The van der Waals surface area contributed by atoms with Crippen LogP contribution in [0.2, 0.25) is 5.02 Å². The summed E-state index contributed by atoms with van der Waals surface area (Å²) in [7, 11) is 1.79. The number of anilines is 1. The number of nitrogens with one attached hydrogen (secondary N) is 2. The minimum atomic E-state index is -3.95. The van der Waals surface area contributed by atoms with Gasteiger partial charge in [0.05, 0.1) is 0 Å². The van der Waals surface area contributed by atoms with E-state index in [0.29, 0.717) is 22.6 Å². The summed E-state index contributed by atoms with van der Waals surface area (Å²) in [5.41, 5.74) is 1.50. The van der Waals surface area contributed by atoms with Crippen molar-refractivity contribution in [1.82, 2.24) is 24.6 Å². The molecule has 0 spiro atoms. The first-order chi connectivity index (χ1) is 21.9. The summed E-state index contributed by atoms with van der Waals surface area (Å²) in [5.74, 6) is -5.91. The van der Waals surface area contributed by atoms with Crippen molar-refractivity contribution in [2.24, 2.45) is 7.05 Å². The molecule has 2 N–H and O–H groups in total. The van der Waals surface area contributed by atoms with E-state index in [4.69, 9.17) is 11.6 Å². The second-order valence-corrected chi connectivity index (χ2v) is 11.2. The number of halogens is 3. The zero-order valence-electron chi connectivity index (χ0n) is 25.0. The van der Waals surface area contributed by atoms with Gasteiger partial charge in [-0.1, -0.05) is 48.0 Å². The van der Waals surface area contributed by atoms with Crippen LogP contribution in [0.1, 0.15) is 31.0 Å². The first-order valence-corrected chi connectivity index (χ1v) is 14.6. The maximum absolute atomic E-state index is 15.2. The van der Waals surface area contributed by atoms with Crippen molar-refractivity contribution in [2.45, 2.75) is 25.8 Å².